The van der Waals surface area contributed by atoms with Gasteiger partial charge in [-0.25, -0.2) is 10.3 Å². The van der Waals surface area contributed by atoms with Crippen LogP contribution in [0.4, 0.5) is 4.79 Å². The Morgan fingerprint density at radius 1 is 1.26 bits per heavy atom. The van der Waals surface area contributed by atoms with E-state index < -0.39 is 0 Å². The molecule has 0 saturated carbocycles. The van der Waals surface area contributed by atoms with E-state index >= 15 is 0 Å². The largest absolute Gasteiger partial charge is 0.333 e. The fraction of sp³-hybridized carbons (Fsp3) is 0.500. The van der Waals surface area contributed by atoms with Crippen molar-refractivity contribution in [1.29, 1.82) is 0 Å². The van der Waals surface area contributed by atoms with Gasteiger partial charge < -0.3 is 10.2 Å². The van der Waals surface area contributed by atoms with Gasteiger partial charge in [-0.05, 0) is 55.5 Å². The van der Waals surface area contributed by atoms with Crippen LogP contribution in [0.1, 0.15) is 42.5 Å². The summed E-state index contributed by atoms with van der Waals surface area (Å²) in [6.45, 7) is 4.20. The van der Waals surface area contributed by atoms with Gasteiger partial charge in [-0.1, -0.05) is 18.2 Å². The molecule has 0 aliphatic carbocycles. The Kier molecular flexibility index (Phi) is 6.68. The Morgan fingerprint density at radius 2 is 2.00 bits per heavy atom. The molecule has 0 bridgehead atoms. The van der Waals surface area contributed by atoms with E-state index in [0.717, 1.165) is 38.8 Å². The Balaban J connectivity index is 1.43. The standard InChI is InChI=1S/C20H27N3O3S/c1-14-16-6-2-3-7-17(16)27-18(14)13-21-20(25)23-11-9-15(10-12-23)5-4-8-19(24)22-26/h2-3,6-7,15,26H,4-5,8-13H2,1H3,(H,21,25)(H,22,24). The van der Waals surface area contributed by atoms with Crippen molar-refractivity contribution < 1.29 is 14.8 Å². The highest BCUT2D eigenvalue weighted by atomic mass is 32.1. The fourth-order valence-electron chi connectivity index (χ4n) is 3.69. The lowest BCUT2D eigenvalue weighted by Gasteiger charge is -2.32. The van der Waals surface area contributed by atoms with E-state index in [4.69, 9.17) is 5.21 Å². The van der Waals surface area contributed by atoms with Gasteiger partial charge in [-0.3, -0.25) is 10.0 Å². The third-order valence-corrected chi connectivity index (χ3v) is 6.66. The van der Waals surface area contributed by atoms with E-state index in [0.29, 0.717) is 18.9 Å². The summed E-state index contributed by atoms with van der Waals surface area (Å²) < 4.78 is 1.26. The number of nitrogens with one attached hydrogen (secondary N) is 2. The number of hydrogen-bond donors (Lipinski definition) is 3. The van der Waals surface area contributed by atoms with Crippen LogP contribution in [0.3, 0.4) is 0 Å². The Labute approximate surface area is 163 Å². The molecule has 1 aliphatic rings. The van der Waals surface area contributed by atoms with Crippen LogP contribution in [0.15, 0.2) is 24.3 Å². The SMILES string of the molecule is Cc1c(CNC(=O)N2CCC(CCCC(=O)NO)CC2)sc2ccccc12. The van der Waals surface area contributed by atoms with Gasteiger partial charge in [-0.15, -0.1) is 11.3 Å². The second kappa shape index (κ2) is 9.19. The monoisotopic (exact) mass is 389 g/mol. The van der Waals surface area contributed by atoms with Crippen LogP contribution in [0.5, 0.6) is 0 Å². The number of nitrogens with zero attached hydrogens (tertiary/aromatic N) is 1. The lowest BCUT2D eigenvalue weighted by molar-refractivity contribution is -0.129. The minimum absolute atomic E-state index is 0.00460. The highest BCUT2D eigenvalue weighted by Crippen LogP contribution is 2.30. The number of fused-ring (bicyclic) bond motifs is 1. The number of benzene rings is 1. The molecule has 7 heteroatoms. The van der Waals surface area contributed by atoms with Crippen LogP contribution in [0.25, 0.3) is 10.1 Å². The first-order valence-electron chi connectivity index (χ1n) is 9.51. The van der Waals surface area contributed by atoms with Crippen molar-refractivity contribution >= 4 is 33.4 Å². The molecule has 0 unspecified atom stereocenters. The van der Waals surface area contributed by atoms with Gasteiger partial charge in [0.15, 0.2) is 0 Å². The Morgan fingerprint density at radius 3 is 2.70 bits per heavy atom. The molecule has 1 aromatic carbocycles. The maximum Gasteiger partial charge on any atom is 0.317 e. The molecule has 2 heterocycles. The summed E-state index contributed by atoms with van der Waals surface area (Å²) in [5.41, 5.74) is 2.92. The lowest BCUT2D eigenvalue weighted by Crippen LogP contribution is -2.44. The molecule has 1 saturated heterocycles. The number of piperidine rings is 1. The highest BCUT2D eigenvalue weighted by Gasteiger charge is 2.23. The van der Waals surface area contributed by atoms with Crippen LogP contribution in [0, 0.1) is 12.8 Å². The number of urea groups is 1. The van der Waals surface area contributed by atoms with Crippen LogP contribution < -0.4 is 10.8 Å². The number of aryl methyl sites for hydroxylation is 1. The van der Waals surface area contributed by atoms with Gasteiger partial charge >= 0.3 is 6.03 Å². The summed E-state index contributed by atoms with van der Waals surface area (Å²) in [4.78, 5) is 26.6. The zero-order chi connectivity index (χ0) is 19.2. The van der Waals surface area contributed by atoms with Gasteiger partial charge in [0.2, 0.25) is 5.91 Å². The molecule has 146 valence electrons. The molecule has 1 aromatic heterocycles. The first-order chi connectivity index (χ1) is 13.1. The number of likely N-dealkylation sites (tertiary alicyclic amines) is 1. The molecular weight excluding hydrogens is 362 g/mol. The average Bonchev–Trinajstić information content (AvgIpc) is 3.02. The summed E-state index contributed by atoms with van der Waals surface area (Å²) in [6.07, 6.45) is 4.02. The summed E-state index contributed by atoms with van der Waals surface area (Å²) in [5.74, 6) is 0.216. The maximum atomic E-state index is 12.5. The van der Waals surface area contributed by atoms with Crippen molar-refractivity contribution in [2.75, 3.05) is 13.1 Å². The smallest absolute Gasteiger partial charge is 0.317 e. The van der Waals surface area contributed by atoms with Gasteiger partial charge in [0.25, 0.3) is 0 Å². The predicted octanol–water partition coefficient (Wildman–Crippen LogP) is 3.81. The minimum atomic E-state index is -0.330. The number of amides is 3. The van der Waals surface area contributed by atoms with E-state index in [9.17, 15) is 9.59 Å². The first kappa shape index (κ1) is 19.6. The normalized spacial score (nSPS) is 15.1. The number of rotatable bonds is 6. The third kappa shape index (κ3) is 4.99. The summed E-state index contributed by atoms with van der Waals surface area (Å²) in [6, 6.07) is 8.34. The molecule has 6 nitrogen and oxygen atoms in total. The Hall–Kier alpha value is -2.12. The second-order valence-electron chi connectivity index (χ2n) is 7.16. The van der Waals surface area contributed by atoms with Crippen LogP contribution in [0.2, 0.25) is 0 Å². The predicted molar refractivity (Wildman–Crippen MR) is 107 cm³/mol. The fourth-order valence-corrected chi connectivity index (χ4v) is 4.84. The van der Waals surface area contributed by atoms with E-state index in [1.54, 1.807) is 16.8 Å². The number of carbonyl (C=O) groups is 2. The molecule has 2 aromatic rings. The molecule has 1 fully saturated rings. The van der Waals surface area contributed by atoms with E-state index in [-0.39, 0.29) is 11.9 Å². The number of hydrogen-bond acceptors (Lipinski definition) is 4. The lowest BCUT2D eigenvalue weighted by atomic mass is 9.91. The molecule has 3 N–H and O–H groups in total. The average molecular weight is 390 g/mol. The van der Waals surface area contributed by atoms with Gasteiger partial charge in [0, 0.05) is 29.1 Å². The number of thiophene rings is 1. The zero-order valence-corrected chi connectivity index (χ0v) is 16.5. The number of carbonyl (C=O) groups excluding carboxylic acids is 2. The topological polar surface area (TPSA) is 81.7 Å². The van der Waals surface area contributed by atoms with Crippen LogP contribution >= 0.6 is 11.3 Å². The minimum Gasteiger partial charge on any atom is -0.333 e. The molecular formula is C20H27N3O3S. The summed E-state index contributed by atoms with van der Waals surface area (Å²) >= 11 is 1.74. The molecule has 0 radical (unpaired) electrons. The summed E-state index contributed by atoms with van der Waals surface area (Å²) in [5, 5.41) is 12.8. The molecule has 1 aliphatic heterocycles. The molecule has 27 heavy (non-hydrogen) atoms. The summed E-state index contributed by atoms with van der Waals surface area (Å²) in [7, 11) is 0. The highest BCUT2D eigenvalue weighted by molar-refractivity contribution is 7.19. The zero-order valence-electron chi connectivity index (χ0n) is 15.7. The van der Waals surface area contributed by atoms with Crippen LogP contribution in [-0.2, 0) is 11.3 Å². The van der Waals surface area contributed by atoms with Crippen molar-refractivity contribution in [2.24, 2.45) is 5.92 Å². The van der Waals surface area contributed by atoms with Crippen molar-refractivity contribution in [3.63, 3.8) is 0 Å². The first-order valence-corrected chi connectivity index (χ1v) is 10.3. The van der Waals surface area contributed by atoms with Crippen LogP contribution in [-0.4, -0.2) is 35.1 Å². The second-order valence-corrected chi connectivity index (χ2v) is 8.30. The van der Waals surface area contributed by atoms with Gasteiger partial charge in [0.05, 0.1) is 6.54 Å². The van der Waals surface area contributed by atoms with Crippen molar-refractivity contribution in [1.82, 2.24) is 15.7 Å². The molecule has 3 rings (SSSR count). The van der Waals surface area contributed by atoms with E-state index in [1.807, 2.05) is 17.0 Å². The van der Waals surface area contributed by atoms with E-state index in [1.165, 1.54) is 20.5 Å². The maximum absolute atomic E-state index is 12.5. The van der Waals surface area contributed by atoms with Crippen molar-refractivity contribution in [3.05, 3.63) is 34.7 Å². The quantitative estimate of drug-likeness (QED) is 0.519. The molecule has 0 atom stereocenters. The van der Waals surface area contributed by atoms with Crippen molar-refractivity contribution in [2.45, 2.75) is 45.6 Å². The Bertz CT molecular complexity index is 797. The number of hydroxylamine groups is 1. The molecule has 3 amide bonds. The molecule has 0 spiro atoms. The van der Waals surface area contributed by atoms with Crippen molar-refractivity contribution in [3.8, 4) is 0 Å². The van der Waals surface area contributed by atoms with Gasteiger partial charge in [0.1, 0.15) is 0 Å². The van der Waals surface area contributed by atoms with Gasteiger partial charge in [-0.2, -0.15) is 0 Å². The third-order valence-electron chi connectivity index (χ3n) is 5.39. The van der Waals surface area contributed by atoms with E-state index in [2.05, 4.69) is 24.4 Å².